The summed E-state index contributed by atoms with van der Waals surface area (Å²) in [5.41, 5.74) is 4.91. The third kappa shape index (κ3) is 2.11. The molecular weight excluding hydrogens is 205 g/mol. The van der Waals surface area contributed by atoms with E-state index < -0.39 is 0 Å². The number of hydrogen-bond donors (Lipinski definition) is 1. The second-order valence-electron chi connectivity index (χ2n) is 1.58. The van der Waals surface area contributed by atoms with Gasteiger partial charge in [-0.3, -0.25) is 0 Å². The Bertz CT molecular complexity index is 89.7. The van der Waals surface area contributed by atoms with E-state index in [-0.39, 0.29) is 5.91 Å². The number of amides is 1. The molecule has 0 aromatic heterocycles. The average molecular weight is 212 g/mol. The summed E-state index contributed by atoms with van der Waals surface area (Å²) in [7, 11) is 0. The molecule has 0 bridgehead atoms. The molecule has 2 nitrogen and oxygen atoms in total. The number of nitrogens with two attached hydrogens (primary N) is 1. The monoisotopic (exact) mass is 212 g/mol. The van der Waals surface area contributed by atoms with Gasteiger partial charge in [0.2, 0.25) is 0 Å². The van der Waals surface area contributed by atoms with E-state index >= 15 is 0 Å². The number of halogens is 1. The molecule has 0 aromatic carbocycles. The van der Waals surface area contributed by atoms with E-state index in [9.17, 15) is 4.79 Å². The fraction of sp³-hybridized carbons (Fsp3) is 0.750. The van der Waals surface area contributed by atoms with E-state index in [4.69, 9.17) is 5.73 Å². The first-order chi connectivity index (χ1) is 3.29. The number of alkyl halides is 2. The summed E-state index contributed by atoms with van der Waals surface area (Å²) in [6.45, 7) is 0. The molecule has 1 rings (SSSR count). The van der Waals surface area contributed by atoms with Crippen LogP contribution in [0.1, 0.15) is 6.42 Å². The predicted octanol–water partition coefficient (Wildman–Crippen LogP) is -3.67. The predicted molar refractivity (Wildman–Crippen MR) is 22.5 cm³/mol. The molecule has 0 radical (unpaired) electrons. The maximum atomic E-state index is 10.1. The number of primary amides is 1. The van der Waals surface area contributed by atoms with Crippen LogP contribution in [0.3, 0.4) is 0 Å². The molecule has 7 heavy (non-hydrogen) atoms. The quantitative estimate of drug-likeness (QED) is 0.372. The minimum atomic E-state index is -0.123. The van der Waals surface area contributed by atoms with Crippen LogP contribution in [0.25, 0.3) is 0 Å². The Morgan fingerprint density at radius 2 is 2.57 bits per heavy atom. The van der Waals surface area contributed by atoms with Crippen molar-refractivity contribution in [3.8, 4) is 0 Å². The van der Waals surface area contributed by atoms with Crippen molar-refractivity contribution in [1.82, 2.24) is 0 Å². The van der Waals surface area contributed by atoms with Gasteiger partial charge in [0.05, 0.1) is 0 Å². The number of carbonyl (C=O) groups is 1. The van der Waals surface area contributed by atoms with Crippen molar-refractivity contribution in [1.29, 1.82) is 0 Å². The molecule has 1 amide bonds. The molecular formula is C4H7INO-. The van der Waals surface area contributed by atoms with Gasteiger partial charge in [-0.2, -0.15) is 0 Å². The molecule has 3 heteroatoms. The molecule has 1 heterocycles. The zero-order valence-electron chi connectivity index (χ0n) is 3.86. The summed E-state index contributed by atoms with van der Waals surface area (Å²) >= 11 is 0.440. The number of carbonyl (C=O) groups excluding carboxylic acids is 1. The summed E-state index contributed by atoms with van der Waals surface area (Å²) in [5, 5.41) is 0. The summed E-state index contributed by atoms with van der Waals surface area (Å²) in [5.74, 6) is -0.123. The first-order valence-corrected chi connectivity index (χ1v) is 4.92. The van der Waals surface area contributed by atoms with E-state index in [1.807, 2.05) is 0 Å². The fourth-order valence-electron chi connectivity index (χ4n) is 0.390. The van der Waals surface area contributed by atoms with Crippen LogP contribution in [0.15, 0.2) is 0 Å². The Morgan fingerprint density at radius 1 is 2.00 bits per heavy atom. The Labute approximate surface area is 52.7 Å². The van der Waals surface area contributed by atoms with Gasteiger partial charge in [0, 0.05) is 0 Å². The zero-order chi connectivity index (χ0) is 5.28. The maximum absolute atomic E-state index is 10.1. The molecule has 1 aliphatic heterocycles. The van der Waals surface area contributed by atoms with Gasteiger partial charge in [0.25, 0.3) is 0 Å². The van der Waals surface area contributed by atoms with Gasteiger partial charge in [-0.1, -0.05) is 0 Å². The van der Waals surface area contributed by atoms with E-state index in [1.54, 1.807) is 0 Å². The molecule has 1 saturated heterocycles. The van der Waals surface area contributed by atoms with Crippen molar-refractivity contribution in [2.45, 2.75) is 10.3 Å². The summed E-state index contributed by atoms with van der Waals surface area (Å²) < 4.78 is 2.08. The van der Waals surface area contributed by atoms with E-state index in [1.165, 1.54) is 4.43 Å². The molecule has 1 aliphatic rings. The van der Waals surface area contributed by atoms with Gasteiger partial charge in [0.1, 0.15) is 0 Å². The van der Waals surface area contributed by atoms with Crippen LogP contribution in [0.5, 0.6) is 0 Å². The molecule has 0 aliphatic carbocycles. The molecule has 1 unspecified atom stereocenters. The molecule has 0 aromatic rings. The fourth-order valence-corrected chi connectivity index (χ4v) is 1.81. The first kappa shape index (κ1) is 5.34. The van der Waals surface area contributed by atoms with Crippen molar-refractivity contribution in [2.24, 2.45) is 5.73 Å². The van der Waals surface area contributed by atoms with Gasteiger partial charge in [-0.15, -0.1) is 0 Å². The third-order valence-electron chi connectivity index (χ3n) is 0.795. The molecule has 1 atom stereocenters. The average Bonchev–Trinajstić information content (AvgIpc) is 2.17. The van der Waals surface area contributed by atoms with Crippen LogP contribution in [-0.2, 0) is 4.79 Å². The van der Waals surface area contributed by atoms with Crippen molar-refractivity contribution in [3.63, 3.8) is 0 Å². The van der Waals surface area contributed by atoms with Crippen LogP contribution >= 0.6 is 0 Å². The van der Waals surface area contributed by atoms with Crippen molar-refractivity contribution in [3.05, 3.63) is 0 Å². The van der Waals surface area contributed by atoms with Gasteiger partial charge < -0.3 is 0 Å². The molecule has 1 fully saturated rings. The summed E-state index contributed by atoms with van der Waals surface area (Å²) in [6.07, 6.45) is 0.660. The SMILES string of the molecule is NC(=O)CC1C[I-]1. The first-order valence-electron chi connectivity index (χ1n) is 2.15. The second-order valence-corrected chi connectivity index (χ2v) is 5.10. The standard InChI is InChI=1S/C4H7INO/c6-4(7)1-3-2-5-3/h3H,1-2H2,(H2,6,7)/q-1. The van der Waals surface area contributed by atoms with Gasteiger partial charge in [-0.05, 0) is 0 Å². The van der Waals surface area contributed by atoms with Gasteiger partial charge >= 0.3 is 52.4 Å². The normalized spacial score (nSPS) is 28.3. The zero-order valence-corrected chi connectivity index (χ0v) is 6.01. The summed E-state index contributed by atoms with van der Waals surface area (Å²) in [6, 6.07) is 0. The Morgan fingerprint density at radius 3 is 2.71 bits per heavy atom. The van der Waals surface area contributed by atoms with E-state index in [0.717, 1.165) is 3.92 Å². The van der Waals surface area contributed by atoms with E-state index in [2.05, 4.69) is 0 Å². The molecule has 2 N–H and O–H groups in total. The topological polar surface area (TPSA) is 43.1 Å². The third-order valence-corrected chi connectivity index (χ3v) is 3.36. The Hall–Kier alpha value is 0.200. The van der Waals surface area contributed by atoms with Crippen LogP contribution in [0.2, 0.25) is 0 Å². The Kier molecular flexibility index (Phi) is 1.51. The molecule has 0 saturated carbocycles. The number of rotatable bonds is 2. The van der Waals surface area contributed by atoms with Crippen LogP contribution in [0, 0.1) is 0 Å². The van der Waals surface area contributed by atoms with Crippen molar-refractivity contribution < 1.29 is 26.0 Å². The van der Waals surface area contributed by atoms with Gasteiger partial charge in [0.15, 0.2) is 0 Å². The minimum absolute atomic E-state index is 0.123. The Balaban J connectivity index is 2.08. The second kappa shape index (κ2) is 1.98. The van der Waals surface area contributed by atoms with E-state index in [0.29, 0.717) is 27.6 Å². The van der Waals surface area contributed by atoms with Crippen molar-refractivity contribution >= 4 is 5.91 Å². The van der Waals surface area contributed by atoms with Crippen LogP contribution in [-0.4, -0.2) is 14.3 Å². The summed E-state index contributed by atoms with van der Waals surface area (Å²) in [4.78, 5) is 10.1. The van der Waals surface area contributed by atoms with Crippen LogP contribution in [0.4, 0.5) is 0 Å². The van der Waals surface area contributed by atoms with Crippen molar-refractivity contribution in [2.75, 3.05) is 4.43 Å². The molecule has 0 spiro atoms. The van der Waals surface area contributed by atoms with Gasteiger partial charge in [-0.25, -0.2) is 0 Å². The van der Waals surface area contributed by atoms with Crippen LogP contribution < -0.4 is 26.9 Å². The number of hydrogen-bond acceptors (Lipinski definition) is 1. The molecule has 42 valence electrons.